The molecule has 0 aromatic heterocycles. The van der Waals surface area contributed by atoms with E-state index in [9.17, 15) is 13.2 Å². The van der Waals surface area contributed by atoms with Gasteiger partial charge in [0.15, 0.2) is 11.5 Å². The van der Waals surface area contributed by atoms with Crippen LogP contribution in [0.1, 0.15) is 18.1 Å². The third-order valence-corrected chi connectivity index (χ3v) is 6.85. The van der Waals surface area contributed by atoms with Crippen LogP contribution in [0.4, 0.5) is 5.69 Å². The Morgan fingerprint density at radius 1 is 1.08 bits per heavy atom. The van der Waals surface area contributed by atoms with Crippen molar-refractivity contribution in [3.05, 3.63) is 86.4 Å². The molecule has 190 valence electrons. The van der Waals surface area contributed by atoms with E-state index in [2.05, 4.69) is 33.1 Å². The first-order valence-corrected chi connectivity index (χ1v) is 14.2. The minimum atomic E-state index is -3.67. The zero-order valence-corrected chi connectivity index (χ0v) is 23.4. The highest BCUT2D eigenvalue weighted by Gasteiger charge is 2.20. The van der Waals surface area contributed by atoms with E-state index >= 15 is 0 Å². The smallest absolute Gasteiger partial charge is 0.260 e. The summed E-state index contributed by atoms with van der Waals surface area (Å²) in [6, 6.07) is 19.5. The molecule has 3 aromatic carbocycles. The van der Waals surface area contributed by atoms with Gasteiger partial charge in [-0.3, -0.25) is 9.10 Å². The fourth-order valence-electron chi connectivity index (χ4n) is 3.13. The molecule has 0 unspecified atom stereocenters. The molecule has 0 bridgehead atoms. The number of sulfonamides is 1. The molecule has 1 N–H and O–H groups in total. The second-order valence-electron chi connectivity index (χ2n) is 7.60. The molecule has 0 aliphatic carbocycles. The lowest BCUT2D eigenvalue weighted by atomic mass is 10.2. The number of rotatable bonds is 11. The van der Waals surface area contributed by atoms with Crippen LogP contribution in [-0.4, -0.2) is 39.9 Å². The van der Waals surface area contributed by atoms with Crippen LogP contribution in [0.3, 0.4) is 0 Å². The first-order valence-electron chi connectivity index (χ1n) is 10.8. The molecule has 0 atom stereocenters. The molecule has 36 heavy (non-hydrogen) atoms. The van der Waals surface area contributed by atoms with Crippen molar-refractivity contribution in [3.63, 3.8) is 0 Å². The maximum atomic E-state index is 12.4. The van der Waals surface area contributed by atoms with Gasteiger partial charge >= 0.3 is 0 Å². The number of hydrazone groups is 1. The summed E-state index contributed by atoms with van der Waals surface area (Å²) in [5, 5.41) is 4.59. The summed E-state index contributed by atoms with van der Waals surface area (Å²) in [6.45, 7) is 2.21. The Balaban J connectivity index is 1.65. The summed E-state index contributed by atoms with van der Waals surface area (Å²) in [5.41, 5.74) is 4.35. The number of nitrogens with zero attached hydrogens (tertiary/aromatic N) is 2. The van der Waals surface area contributed by atoms with Gasteiger partial charge in [-0.1, -0.05) is 23.7 Å². The minimum absolute atomic E-state index is 0.321. The Morgan fingerprint density at radius 3 is 2.50 bits per heavy atom. The standard InChI is InChI=1S/C25H25ClIN3O5S/c1-3-34-24-14-18(7-12-23(24)35-17-19-5-4-6-20(26)13-19)15-28-29-25(31)16-30(36(2,32)33)22-10-8-21(27)9-11-22/h4-15H,3,16-17H2,1-2H3,(H,29,31)/b28-15-. The van der Waals surface area contributed by atoms with Gasteiger partial charge in [0.05, 0.1) is 24.8 Å². The second-order valence-corrected chi connectivity index (χ2v) is 11.2. The summed E-state index contributed by atoms with van der Waals surface area (Å²) in [7, 11) is -3.67. The molecule has 1 amide bonds. The van der Waals surface area contributed by atoms with E-state index in [4.69, 9.17) is 21.1 Å². The first kappa shape index (κ1) is 27.8. The largest absolute Gasteiger partial charge is 0.490 e. The molecule has 0 saturated carbocycles. The predicted molar refractivity (Wildman–Crippen MR) is 150 cm³/mol. The van der Waals surface area contributed by atoms with E-state index < -0.39 is 22.5 Å². The van der Waals surface area contributed by atoms with Crippen molar-refractivity contribution in [2.45, 2.75) is 13.5 Å². The summed E-state index contributed by atoms with van der Waals surface area (Å²) in [5.74, 6) is 0.498. The van der Waals surface area contributed by atoms with Gasteiger partial charge in [-0.2, -0.15) is 5.10 Å². The molecule has 0 saturated heterocycles. The highest BCUT2D eigenvalue weighted by Crippen LogP contribution is 2.29. The highest BCUT2D eigenvalue weighted by molar-refractivity contribution is 14.1. The van der Waals surface area contributed by atoms with Gasteiger partial charge in [0.1, 0.15) is 13.2 Å². The Kier molecular flexibility index (Phi) is 9.97. The number of nitrogens with one attached hydrogen (secondary N) is 1. The summed E-state index contributed by atoms with van der Waals surface area (Å²) in [6.07, 6.45) is 2.49. The van der Waals surface area contributed by atoms with E-state index in [1.54, 1.807) is 48.5 Å². The number of anilines is 1. The zero-order chi connectivity index (χ0) is 26.1. The molecule has 0 radical (unpaired) electrons. The van der Waals surface area contributed by atoms with Crippen LogP contribution in [0, 0.1) is 3.57 Å². The lowest BCUT2D eigenvalue weighted by Gasteiger charge is -2.21. The monoisotopic (exact) mass is 641 g/mol. The second kappa shape index (κ2) is 12.9. The Bertz CT molecular complexity index is 1330. The van der Waals surface area contributed by atoms with Crippen molar-refractivity contribution >= 4 is 62.0 Å². The number of hydrogen-bond donors (Lipinski definition) is 1. The van der Waals surface area contributed by atoms with Crippen LogP contribution in [0.15, 0.2) is 71.8 Å². The van der Waals surface area contributed by atoms with Crippen molar-refractivity contribution in [1.29, 1.82) is 0 Å². The molecule has 0 aliphatic rings. The Labute approximate surface area is 229 Å². The fraction of sp³-hybridized carbons (Fsp3) is 0.200. The number of amides is 1. The van der Waals surface area contributed by atoms with E-state index in [-0.39, 0.29) is 0 Å². The highest BCUT2D eigenvalue weighted by atomic mass is 127. The number of carbonyl (C=O) groups is 1. The topological polar surface area (TPSA) is 97.3 Å². The molecule has 0 heterocycles. The number of halogens is 2. The maximum Gasteiger partial charge on any atom is 0.260 e. The van der Waals surface area contributed by atoms with E-state index in [0.717, 1.165) is 19.7 Å². The SMILES string of the molecule is CCOc1cc(/C=N\NC(=O)CN(c2ccc(I)cc2)S(C)(=O)=O)ccc1OCc1cccc(Cl)c1. The van der Waals surface area contributed by atoms with Crippen LogP contribution in [-0.2, 0) is 21.4 Å². The van der Waals surface area contributed by atoms with Crippen molar-refractivity contribution < 1.29 is 22.7 Å². The van der Waals surface area contributed by atoms with Crippen LogP contribution >= 0.6 is 34.2 Å². The van der Waals surface area contributed by atoms with Crippen molar-refractivity contribution in [2.24, 2.45) is 5.10 Å². The number of ether oxygens (including phenoxy) is 2. The van der Waals surface area contributed by atoms with E-state index in [1.807, 2.05) is 25.1 Å². The molecule has 0 aliphatic heterocycles. The van der Waals surface area contributed by atoms with Gasteiger partial charge in [-0.05, 0) is 95.2 Å². The number of hydrogen-bond acceptors (Lipinski definition) is 6. The minimum Gasteiger partial charge on any atom is -0.490 e. The van der Waals surface area contributed by atoms with Gasteiger partial charge in [-0.15, -0.1) is 0 Å². The van der Waals surface area contributed by atoms with Crippen molar-refractivity contribution in [2.75, 3.05) is 23.7 Å². The van der Waals surface area contributed by atoms with Crippen LogP contribution in [0.5, 0.6) is 11.5 Å². The normalized spacial score (nSPS) is 11.3. The fourth-order valence-corrected chi connectivity index (χ4v) is 4.56. The first-order chi connectivity index (χ1) is 17.2. The molecule has 3 rings (SSSR count). The number of benzene rings is 3. The zero-order valence-electron chi connectivity index (χ0n) is 19.6. The molecular weight excluding hydrogens is 617 g/mol. The Hall–Kier alpha value is -2.83. The summed E-state index contributed by atoms with van der Waals surface area (Å²) < 4.78 is 38.0. The number of carbonyl (C=O) groups excluding carboxylic acids is 1. The molecule has 0 spiro atoms. The Morgan fingerprint density at radius 2 is 1.83 bits per heavy atom. The lowest BCUT2D eigenvalue weighted by Crippen LogP contribution is -2.39. The van der Waals surface area contributed by atoms with Gasteiger partial charge in [0.2, 0.25) is 10.0 Å². The average Bonchev–Trinajstić information content (AvgIpc) is 2.82. The van der Waals surface area contributed by atoms with Crippen LogP contribution in [0.2, 0.25) is 5.02 Å². The van der Waals surface area contributed by atoms with Gasteiger partial charge in [-0.25, -0.2) is 13.8 Å². The van der Waals surface area contributed by atoms with E-state index in [0.29, 0.717) is 41.0 Å². The summed E-state index contributed by atoms with van der Waals surface area (Å²) >= 11 is 8.15. The lowest BCUT2D eigenvalue weighted by molar-refractivity contribution is -0.119. The molecule has 8 nitrogen and oxygen atoms in total. The van der Waals surface area contributed by atoms with Gasteiger partial charge < -0.3 is 9.47 Å². The molecule has 0 fully saturated rings. The molecular formula is C25H25ClIN3O5S. The summed E-state index contributed by atoms with van der Waals surface area (Å²) in [4.78, 5) is 12.4. The predicted octanol–water partition coefficient (Wildman–Crippen LogP) is 4.84. The van der Waals surface area contributed by atoms with Crippen LogP contribution in [0.25, 0.3) is 0 Å². The van der Waals surface area contributed by atoms with Gasteiger partial charge in [0, 0.05) is 8.59 Å². The molecule has 11 heteroatoms. The average molecular weight is 642 g/mol. The molecule has 3 aromatic rings. The maximum absolute atomic E-state index is 12.4. The van der Waals surface area contributed by atoms with Crippen molar-refractivity contribution in [1.82, 2.24) is 5.43 Å². The van der Waals surface area contributed by atoms with Crippen molar-refractivity contribution in [3.8, 4) is 11.5 Å². The van der Waals surface area contributed by atoms with Crippen LogP contribution < -0.4 is 19.2 Å². The van der Waals surface area contributed by atoms with E-state index in [1.165, 1.54) is 6.21 Å². The third-order valence-electron chi connectivity index (χ3n) is 4.76. The third kappa shape index (κ3) is 8.38. The quantitative estimate of drug-likeness (QED) is 0.184. The van der Waals surface area contributed by atoms with Gasteiger partial charge in [0.25, 0.3) is 5.91 Å².